The number of carbonyl (C=O) groups excluding carboxylic acids is 1. The average Bonchev–Trinajstić information content (AvgIpc) is 3.21. The molecule has 1 aliphatic carbocycles. The number of ether oxygens (including phenoxy) is 1. The van der Waals surface area contributed by atoms with E-state index in [0.29, 0.717) is 19.1 Å². The number of morpholine rings is 1. The van der Waals surface area contributed by atoms with E-state index in [1.54, 1.807) is 0 Å². The molecule has 2 aromatic rings. The first-order chi connectivity index (χ1) is 12.3. The Morgan fingerprint density at radius 2 is 2.04 bits per heavy atom. The summed E-state index contributed by atoms with van der Waals surface area (Å²) in [6.45, 7) is 3.66. The SMILES string of the molecule is O=C(N1CCC(n2cc3ccccc3n2)C1)N1CCOCC1C1CC1. The third-order valence-corrected chi connectivity index (χ3v) is 5.82. The molecule has 25 heavy (non-hydrogen) atoms. The van der Waals surface area contributed by atoms with E-state index in [1.165, 1.54) is 12.8 Å². The van der Waals surface area contributed by atoms with Gasteiger partial charge in [-0.25, -0.2) is 4.79 Å². The molecule has 2 unspecified atom stereocenters. The van der Waals surface area contributed by atoms with Crippen LogP contribution in [0.4, 0.5) is 4.79 Å². The summed E-state index contributed by atoms with van der Waals surface area (Å²) in [5.41, 5.74) is 1.02. The predicted molar refractivity (Wildman–Crippen MR) is 94.4 cm³/mol. The lowest BCUT2D eigenvalue weighted by Gasteiger charge is -2.38. The number of likely N-dealkylation sites (tertiary alicyclic amines) is 1. The lowest BCUT2D eigenvalue weighted by Crippen LogP contribution is -2.54. The van der Waals surface area contributed by atoms with Gasteiger partial charge in [0.2, 0.25) is 0 Å². The summed E-state index contributed by atoms with van der Waals surface area (Å²) in [4.78, 5) is 17.1. The summed E-state index contributed by atoms with van der Waals surface area (Å²) in [7, 11) is 0. The molecule has 0 spiro atoms. The highest BCUT2D eigenvalue weighted by Crippen LogP contribution is 2.37. The van der Waals surface area contributed by atoms with Gasteiger partial charge in [-0.05, 0) is 31.2 Å². The molecule has 2 atom stereocenters. The Morgan fingerprint density at radius 3 is 2.88 bits per heavy atom. The van der Waals surface area contributed by atoms with E-state index in [9.17, 15) is 4.79 Å². The number of rotatable bonds is 2. The molecule has 0 radical (unpaired) electrons. The van der Waals surface area contributed by atoms with Gasteiger partial charge in [0.1, 0.15) is 0 Å². The topological polar surface area (TPSA) is 50.6 Å². The molecule has 6 heteroatoms. The summed E-state index contributed by atoms with van der Waals surface area (Å²) >= 11 is 0. The van der Waals surface area contributed by atoms with Crippen LogP contribution in [0.3, 0.4) is 0 Å². The molecule has 1 aromatic heterocycles. The molecule has 2 amide bonds. The molecule has 6 nitrogen and oxygen atoms in total. The van der Waals surface area contributed by atoms with E-state index >= 15 is 0 Å². The summed E-state index contributed by atoms with van der Waals surface area (Å²) in [5, 5.41) is 5.86. The Hall–Kier alpha value is -2.08. The van der Waals surface area contributed by atoms with Crippen LogP contribution in [0.2, 0.25) is 0 Å². The molecule has 5 rings (SSSR count). The fraction of sp³-hybridized carbons (Fsp3) is 0.579. The smallest absolute Gasteiger partial charge is 0.320 e. The first-order valence-electron chi connectivity index (χ1n) is 9.37. The Bertz CT molecular complexity index is 752. The number of hydrogen-bond donors (Lipinski definition) is 0. The van der Waals surface area contributed by atoms with Gasteiger partial charge in [-0.1, -0.05) is 18.2 Å². The minimum absolute atomic E-state index is 0.194. The van der Waals surface area contributed by atoms with E-state index in [2.05, 4.69) is 21.8 Å². The van der Waals surface area contributed by atoms with Crippen LogP contribution >= 0.6 is 0 Å². The summed E-state index contributed by atoms with van der Waals surface area (Å²) < 4.78 is 7.68. The molecule has 3 fully saturated rings. The van der Waals surface area contributed by atoms with Gasteiger partial charge in [-0.2, -0.15) is 5.10 Å². The molecule has 3 heterocycles. The molecule has 0 bridgehead atoms. The zero-order chi connectivity index (χ0) is 16.8. The van der Waals surface area contributed by atoms with Crippen molar-refractivity contribution in [2.75, 3.05) is 32.8 Å². The van der Waals surface area contributed by atoms with Crippen molar-refractivity contribution in [2.24, 2.45) is 5.92 Å². The van der Waals surface area contributed by atoms with Crippen molar-refractivity contribution in [1.29, 1.82) is 0 Å². The van der Waals surface area contributed by atoms with Crippen LogP contribution in [0.1, 0.15) is 25.3 Å². The second-order valence-corrected chi connectivity index (χ2v) is 7.51. The molecular formula is C19H24N4O2. The van der Waals surface area contributed by atoms with Crippen LogP contribution in [0.25, 0.3) is 10.9 Å². The number of nitrogens with zero attached hydrogens (tertiary/aromatic N) is 4. The molecule has 1 saturated carbocycles. The molecule has 2 saturated heterocycles. The normalized spacial score (nSPS) is 27.2. The number of benzene rings is 1. The summed E-state index contributed by atoms with van der Waals surface area (Å²) in [6, 6.07) is 8.93. The van der Waals surface area contributed by atoms with Crippen molar-refractivity contribution in [3.05, 3.63) is 30.5 Å². The molecule has 2 aliphatic heterocycles. The van der Waals surface area contributed by atoms with Crippen LogP contribution in [-0.4, -0.2) is 64.5 Å². The fourth-order valence-corrected chi connectivity index (χ4v) is 4.22. The van der Waals surface area contributed by atoms with Gasteiger partial charge in [0.25, 0.3) is 0 Å². The maximum Gasteiger partial charge on any atom is 0.320 e. The van der Waals surface area contributed by atoms with Gasteiger partial charge in [0.05, 0.1) is 30.8 Å². The fourth-order valence-electron chi connectivity index (χ4n) is 4.22. The molecule has 132 valence electrons. The maximum absolute atomic E-state index is 13.1. The third-order valence-electron chi connectivity index (χ3n) is 5.82. The van der Waals surface area contributed by atoms with Crippen molar-refractivity contribution in [2.45, 2.75) is 31.3 Å². The van der Waals surface area contributed by atoms with Crippen molar-refractivity contribution >= 4 is 16.9 Å². The van der Waals surface area contributed by atoms with Crippen LogP contribution < -0.4 is 0 Å². The van der Waals surface area contributed by atoms with E-state index in [4.69, 9.17) is 9.84 Å². The quantitative estimate of drug-likeness (QED) is 0.844. The van der Waals surface area contributed by atoms with Gasteiger partial charge in [0.15, 0.2) is 0 Å². The monoisotopic (exact) mass is 340 g/mol. The lowest BCUT2D eigenvalue weighted by atomic mass is 10.1. The third kappa shape index (κ3) is 2.78. The first kappa shape index (κ1) is 15.2. The summed E-state index contributed by atoms with van der Waals surface area (Å²) in [5.74, 6) is 0.652. The van der Waals surface area contributed by atoms with Crippen molar-refractivity contribution in [3.8, 4) is 0 Å². The van der Waals surface area contributed by atoms with Crippen molar-refractivity contribution in [3.63, 3.8) is 0 Å². The minimum atomic E-state index is 0.194. The van der Waals surface area contributed by atoms with Crippen LogP contribution in [0.15, 0.2) is 30.5 Å². The van der Waals surface area contributed by atoms with Gasteiger partial charge in [0, 0.05) is 31.2 Å². The zero-order valence-corrected chi connectivity index (χ0v) is 14.4. The largest absolute Gasteiger partial charge is 0.377 e. The maximum atomic E-state index is 13.1. The van der Waals surface area contributed by atoms with Crippen LogP contribution in [0.5, 0.6) is 0 Å². The van der Waals surface area contributed by atoms with Crippen LogP contribution in [-0.2, 0) is 4.74 Å². The lowest BCUT2D eigenvalue weighted by molar-refractivity contribution is -0.00230. The molecule has 3 aliphatic rings. The number of urea groups is 1. The molecule has 1 aromatic carbocycles. The average molecular weight is 340 g/mol. The van der Waals surface area contributed by atoms with E-state index in [-0.39, 0.29) is 18.1 Å². The van der Waals surface area contributed by atoms with E-state index in [0.717, 1.165) is 37.0 Å². The highest BCUT2D eigenvalue weighted by Gasteiger charge is 2.41. The Morgan fingerprint density at radius 1 is 1.16 bits per heavy atom. The number of fused-ring (bicyclic) bond motifs is 1. The highest BCUT2D eigenvalue weighted by molar-refractivity contribution is 5.78. The number of aromatic nitrogens is 2. The van der Waals surface area contributed by atoms with Gasteiger partial charge >= 0.3 is 6.03 Å². The van der Waals surface area contributed by atoms with Crippen molar-refractivity contribution < 1.29 is 9.53 Å². The second-order valence-electron chi connectivity index (χ2n) is 7.51. The zero-order valence-electron chi connectivity index (χ0n) is 14.4. The Balaban J connectivity index is 1.30. The van der Waals surface area contributed by atoms with Crippen molar-refractivity contribution in [1.82, 2.24) is 19.6 Å². The Kier molecular flexibility index (Phi) is 3.66. The number of hydrogen-bond acceptors (Lipinski definition) is 3. The van der Waals surface area contributed by atoms with Gasteiger partial charge < -0.3 is 14.5 Å². The van der Waals surface area contributed by atoms with Gasteiger partial charge in [-0.3, -0.25) is 4.68 Å². The predicted octanol–water partition coefficient (Wildman–Crippen LogP) is 2.51. The summed E-state index contributed by atoms with van der Waals surface area (Å²) in [6.07, 6.45) is 5.55. The Labute approximate surface area is 147 Å². The molecular weight excluding hydrogens is 316 g/mol. The minimum Gasteiger partial charge on any atom is -0.377 e. The second kappa shape index (κ2) is 6.02. The van der Waals surface area contributed by atoms with E-state index in [1.807, 2.05) is 23.1 Å². The first-order valence-corrected chi connectivity index (χ1v) is 9.37. The molecule has 0 N–H and O–H groups in total. The van der Waals surface area contributed by atoms with Crippen LogP contribution in [0, 0.1) is 5.92 Å². The number of amides is 2. The standard InChI is InChI=1S/C19H24N4O2/c24-19(22-9-10-25-13-18(22)14-5-6-14)21-8-7-16(12-21)23-11-15-3-1-2-4-17(15)20-23/h1-4,11,14,16,18H,5-10,12-13H2. The number of carbonyl (C=O) groups is 1. The highest BCUT2D eigenvalue weighted by atomic mass is 16.5. The van der Waals surface area contributed by atoms with E-state index < -0.39 is 0 Å². The van der Waals surface area contributed by atoms with Gasteiger partial charge in [-0.15, -0.1) is 0 Å².